The lowest BCUT2D eigenvalue weighted by molar-refractivity contribution is 0.0426. The van der Waals surface area contributed by atoms with Crippen LogP contribution >= 0.6 is 0 Å². The summed E-state index contributed by atoms with van der Waals surface area (Å²) < 4.78 is 5.44. The zero-order valence-corrected chi connectivity index (χ0v) is 14.1. The molecule has 3 rings (SSSR count). The lowest BCUT2D eigenvalue weighted by Crippen LogP contribution is -2.46. The van der Waals surface area contributed by atoms with Crippen LogP contribution in [0.25, 0.3) is 0 Å². The van der Waals surface area contributed by atoms with Gasteiger partial charge in [0.2, 0.25) is 0 Å². The summed E-state index contributed by atoms with van der Waals surface area (Å²) >= 11 is 0. The minimum absolute atomic E-state index is 0.488. The van der Waals surface area contributed by atoms with Crippen molar-refractivity contribution in [3.8, 4) is 0 Å². The standard InChI is InChI=1S/C18H27N3O2/c1-19-17(21(2)11-14-8-10-23-12-14)20-13-18(22)9-7-15-5-3-4-6-16(15)18/h3-6,14,22H,7-13H2,1-2H3,(H,19,20). The molecule has 2 N–H and O–H groups in total. The molecule has 5 heteroatoms. The molecule has 1 aromatic rings. The van der Waals surface area contributed by atoms with Gasteiger partial charge in [-0.2, -0.15) is 0 Å². The number of guanidine groups is 1. The van der Waals surface area contributed by atoms with E-state index in [1.807, 2.05) is 25.2 Å². The maximum Gasteiger partial charge on any atom is 0.193 e. The molecule has 5 nitrogen and oxygen atoms in total. The lowest BCUT2D eigenvalue weighted by Gasteiger charge is -2.29. The molecule has 0 aromatic heterocycles. The molecule has 126 valence electrons. The highest BCUT2D eigenvalue weighted by molar-refractivity contribution is 5.79. The first-order valence-corrected chi connectivity index (χ1v) is 8.43. The van der Waals surface area contributed by atoms with E-state index in [9.17, 15) is 5.11 Å². The van der Waals surface area contributed by atoms with Gasteiger partial charge in [0, 0.05) is 33.2 Å². The summed E-state index contributed by atoms with van der Waals surface area (Å²) in [6.07, 6.45) is 2.80. The van der Waals surface area contributed by atoms with Crippen molar-refractivity contribution in [2.24, 2.45) is 10.9 Å². The van der Waals surface area contributed by atoms with Crippen LogP contribution in [0.15, 0.2) is 29.3 Å². The van der Waals surface area contributed by atoms with E-state index >= 15 is 0 Å². The highest BCUT2D eigenvalue weighted by Gasteiger charge is 2.36. The van der Waals surface area contributed by atoms with Gasteiger partial charge in [0.1, 0.15) is 5.60 Å². The van der Waals surface area contributed by atoms with Crippen LogP contribution in [-0.2, 0) is 16.8 Å². The number of hydrogen-bond donors (Lipinski definition) is 2. The highest BCUT2D eigenvalue weighted by Crippen LogP contribution is 2.36. The zero-order chi connectivity index (χ0) is 16.3. The van der Waals surface area contributed by atoms with E-state index in [4.69, 9.17) is 4.74 Å². The van der Waals surface area contributed by atoms with E-state index in [0.29, 0.717) is 12.5 Å². The van der Waals surface area contributed by atoms with Gasteiger partial charge in [-0.25, -0.2) is 0 Å². The Morgan fingerprint density at radius 3 is 3.04 bits per heavy atom. The number of rotatable bonds is 4. The number of ether oxygens (including phenoxy) is 1. The molecule has 2 aliphatic rings. The molecule has 1 aromatic carbocycles. The molecule has 1 aliphatic heterocycles. The second-order valence-electron chi connectivity index (χ2n) is 6.70. The summed E-state index contributed by atoms with van der Waals surface area (Å²) in [5.41, 5.74) is 1.50. The van der Waals surface area contributed by atoms with E-state index in [2.05, 4.69) is 21.3 Å². The van der Waals surface area contributed by atoms with Crippen LogP contribution in [-0.4, -0.2) is 56.4 Å². The van der Waals surface area contributed by atoms with Gasteiger partial charge in [0.05, 0.1) is 13.2 Å². The molecule has 1 aliphatic carbocycles. The number of aliphatic hydroxyl groups is 1. The molecule has 0 amide bonds. The Morgan fingerprint density at radius 1 is 1.48 bits per heavy atom. The van der Waals surface area contributed by atoms with Crippen molar-refractivity contribution in [3.05, 3.63) is 35.4 Å². The smallest absolute Gasteiger partial charge is 0.193 e. The number of benzene rings is 1. The number of aliphatic imine (C=N–C) groups is 1. The summed E-state index contributed by atoms with van der Waals surface area (Å²) in [6.45, 7) is 3.11. The van der Waals surface area contributed by atoms with E-state index in [1.54, 1.807) is 7.05 Å². The summed E-state index contributed by atoms with van der Waals surface area (Å²) in [5.74, 6) is 1.39. The Hall–Kier alpha value is -1.59. The molecule has 0 spiro atoms. The van der Waals surface area contributed by atoms with Gasteiger partial charge in [-0.3, -0.25) is 4.99 Å². The van der Waals surface area contributed by atoms with Crippen LogP contribution in [0.5, 0.6) is 0 Å². The maximum atomic E-state index is 11.0. The lowest BCUT2D eigenvalue weighted by atomic mass is 9.96. The molecule has 0 saturated carbocycles. The first-order chi connectivity index (χ1) is 11.1. The minimum Gasteiger partial charge on any atom is -0.383 e. The fourth-order valence-electron chi connectivity index (χ4n) is 3.66. The normalized spacial score (nSPS) is 27.1. The van der Waals surface area contributed by atoms with Crippen molar-refractivity contribution in [2.75, 3.05) is 40.4 Å². The third-order valence-electron chi connectivity index (χ3n) is 5.00. The number of nitrogens with one attached hydrogen (secondary N) is 1. The van der Waals surface area contributed by atoms with Crippen molar-refractivity contribution in [2.45, 2.75) is 24.9 Å². The van der Waals surface area contributed by atoms with Crippen molar-refractivity contribution >= 4 is 5.96 Å². The molecule has 2 unspecified atom stereocenters. The largest absolute Gasteiger partial charge is 0.383 e. The van der Waals surface area contributed by atoms with Crippen molar-refractivity contribution in [1.29, 1.82) is 0 Å². The molecule has 2 atom stereocenters. The first-order valence-electron chi connectivity index (χ1n) is 8.43. The van der Waals surface area contributed by atoms with Crippen LogP contribution < -0.4 is 5.32 Å². The fourth-order valence-corrected chi connectivity index (χ4v) is 3.66. The summed E-state index contributed by atoms with van der Waals surface area (Å²) in [5, 5.41) is 14.3. The minimum atomic E-state index is -0.802. The summed E-state index contributed by atoms with van der Waals surface area (Å²) in [6, 6.07) is 8.17. The van der Waals surface area contributed by atoms with Crippen LogP contribution in [0.1, 0.15) is 24.0 Å². The van der Waals surface area contributed by atoms with Crippen molar-refractivity contribution < 1.29 is 9.84 Å². The Balaban J connectivity index is 1.60. The summed E-state index contributed by atoms with van der Waals surface area (Å²) in [7, 11) is 3.83. The second-order valence-corrected chi connectivity index (χ2v) is 6.70. The van der Waals surface area contributed by atoms with E-state index in [0.717, 1.165) is 50.5 Å². The van der Waals surface area contributed by atoms with Gasteiger partial charge in [-0.15, -0.1) is 0 Å². The Bertz CT molecular complexity index is 569. The van der Waals surface area contributed by atoms with Gasteiger partial charge >= 0.3 is 0 Å². The predicted octanol–water partition coefficient (Wildman–Crippen LogP) is 1.36. The van der Waals surface area contributed by atoms with Crippen LogP contribution in [0.4, 0.5) is 0 Å². The third-order valence-corrected chi connectivity index (χ3v) is 5.00. The summed E-state index contributed by atoms with van der Waals surface area (Å²) in [4.78, 5) is 6.49. The average Bonchev–Trinajstić information content (AvgIpc) is 3.17. The van der Waals surface area contributed by atoms with Gasteiger partial charge in [-0.05, 0) is 30.4 Å². The van der Waals surface area contributed by atoms with Crippen molar-refractivity contribution in [1.82, 2.24) is 10.2 Å². The molecular formula is C18H27N3O2. The van der Waals surface area contributed by atoms with E-state index < -0.39 is 5.60 Å². The molecule has 1 heterocycles. The molecule has 23 heavy (non-hydrogen) atoms. The quantitative estimate of drug-likeness (QED) is 0.650. The van der Waals surface area contributed by atoms with Crippen LogP contribution in [0, 0.1) is 5.92 Å². The van der Waals surface area contributed by atoms with E-state index in [1.165, 1.54) is 5.56 Å². The van der Waals surface area contributed by atoms with Crippen molar-refractivity contribution in [3.63, 3.8) is 0 Å². The highest BCUT2D eigenvalue weighted by atomic mass is 16.5. The fraction of sp³-hybridized carbons (Fsp3) is 0.611. The third kappa shape index (κ3) is 3.51. The molecule has 1 fully saturated rings. The topological polar surface area (TPSA) is 57.1 Å². The van der Waals surface area contributed by atoms with Crippen LogP contribution in [0.2, 0.25) is 0 Å². The number of nitrogens with zero attached hydrogens (tertiary/aromatic N) is 2. The maximum absolute atomic E-state index is 11.0. The van der Waals surface area contributed by atoms with Gasteiger partial charge in [-0.1, -0.05) is 24.3 Å². The molecule has 0 radical (unpaired) electrons. The second kappa shape index (κ2) is 6.89. The average molecular weight is 317 g/mol. The Kier molecular flexibility index (Phi) is 4.87. The molecule has 1 saturated heterocycles. The van der Waals surface area contributed by atoms with Gasteiger partial charge in [0.25, 0.3) is 0 Å². The SMILES string of the molecule is CN=C(NCC1(O)CCc2ccccc21)N(C)CC1CCOC1. The number of aryl methyl sites for hydroxylation is 1. The Morgan fingerprint density at radius 2 is 2.30 bits per heavy atom. The predicted molar refractivity (Wildman–Crippen MR) is 91.6 cm³/mol. The van der Waals surface area contributed by atoms with Gasteiger partial charge in [0.15, 0.2) is 5.96 Å². The Labute approximate surface area is 138 Å². The first kappa shape index (κ1) is 16.3. The zero-order valence-electron chi connectivity index (χ0n) is 14.1. The van der Waals surface area contributed by atoms with Crippen LogP contribution in [0.3, 0.4) is 0 Å². The van der Waals surface area contributed by atoms with Gasteiger partial charge < -0.3 is 20.1 Å². The molecule has 0 bridgehead atoms. The molecular weight excluding hydrogens is 290 g/mol. The number of hydrogen-bond acceptors (Lipinski definition) is 3. The van der Waals surface area contributed by atoms with E-state index in [-0.39, 0.29) is 0 Å². The monoisotopic (exact) mass is 317 g/mol. The number of fused-ring (bicyclic) bond motifs is 1.